The summed E-state index contributed by atoms with van der Waals surface area (Å²) in [5.41, 5.74) is 0. The molecule has 0 aliphatic carbocycles. The van der Waals surface area contributed by atoms with Gasteiger partial charge in [-0.1, -0.05) is 0 Å². The number of rotatable bonds is 0. The standard InChI is InChI=1S/C5H11NO.C5H9NO/c1-6-2-4-7-5-3-6;1-4-2-3-5(7)6-4/h2-5H2,1H3;4H,2-3H2,1H3,(H,6,7). The number of ether oxygens (including phenoxy) is 1. The lowest BCUT2D eigenvalue weighted by atomic mass is 10.3. The minimum atomic E-state index is 0.201. The zero-order chi connectivity index (χ0) is 10.4. The molecule has 1 atom stereocenters. The first-order valence-corrected chi connectivity index (χ1v) is 5.24. The van der Waals surface area contributed by atoms with Crippen LogP contribution >= 0.6 is 0 Å². The number of nitrogens with zero attached hydrogens (tertiary/aromatic N) is 1. The van der Waals surface area contributed by atoms with Gasteiger partial charge in [0, 0.05) is 25.6 Å². The van der Waals surface area contributed by atoms with Crippen molar-refractivity contribution in [3.05, 3.63) is 0 Å². The summed E-state index contributed by atoms with van der Waals surface area (Å²) in [7, 11) is 2.11. The Bertz CT molecular complexity index is 179. The second-order valence-corrected chi connectivity index (χ2v) is 3.92. The van der Waals surface area contributed by atoms with Gasteiger partial charge in [-0.05, 0) is 20.4 Å². The molecule has 0 radical (unpaired) electrons. The minimum absolute atomic E-state index is 0.201. The topological polar surface area (TPSA) is 41.6 Å². The first-order valence-electron chi connectivity index (χ1n) is 5.24. The van der Waals surface area contributed by atoms with Crippen molar-refractivity contribution in [2.75, 3.05) is 33.4 Å². The number of amides is 1. The van der Waals surface area contributed by atoms with Gasteiger partial charge >= 0.3 is 0 Å². The molecule has 0 spiro atoms. The van der Waals surface area contributed by atoms with E-state index in [1.165, 1.54) is 0 Å². The molecule has 0 aromatic carbocycles. The van der Waals surface area contributed by atoms with Gasteiger partial charge in [0.05, 0.1) is 13.2 Å². The van der Waals surface area contributed by atoms with E-state index < -0.39 is 0 Å². The normalized spacial score (nSPS) is 27.9. The van der Waals surface area contributed by atoms with Crippen LogP contribution in [0.15, 0.2) is 0 Å². The largest absolute Gasteiger partial charge is 0.379 e. The number of carbonyl (C=O) groups excluding carboxylic acids is 1. The third-order valence-electron chi connectivity index (χ3n) is 2.45. The van der Waals surface area contributed by atoms with Crippen LogP contribution in [0.5, 0.6) is 0 Å². The summed E-state index contributed by atoms with van der Waals surface area (Å²) >= 11 is 0. The van der Waals surface area contributed by atoms with Crippen LogP contribution in [-0.4, -0.2) is 50.2 Å². The quantitative estimate of drug-likeness (QED) is 0.609. The van der Waals surface area contributed by atoms with E-state index in [2.05, 4.69) is 17.3 Å². The molecule has 1 unspecified atom stereocenters. The highest BCUT2D eigenvalue weighted by Gasteiger charge is 2.14. The Kier molecular flexibility index (Phi) is 4.90. The summed E-state index contributed by atoms with van der Waals surface area (Å²) in [5, 5.41) is 2.78. The molecular formula is C10H20N2O2. The summed E-state index contributed by atoms with van der Waals surface area (Å²) in [6.07, 6.45) is 1.74. The predicted octanol–water partition coefficient (Wildman–Crippen LogP) is 0.233. The number of hydrogen-bond donors (Lipinski definition) is 1. The zero-order valence-electron chi connectivity index (χ0n) is 9.08. The molecule has 4 heteroatoms. The van der Waals surface area contributed by atoms with Crippen molar-refractivity contribution in [1.29, 1.82) is 0 Å². The Morgan fingerprint density at radius 2 is 2.07 bits per heavy atom. The fourth-order valence-electron chi connectivity index (χ4n) is 1.42. The van der Waals surface area contributed by atoms with E-state index in [1.807, 2.05) is 6.92 Å². The van der Waals surface area contributed by atoms with Crippen molar-refractivity contribution >= 4 is 5.91 Å². The Balaban J connectivity index is 0.000000140. The molecule has 2 aliphatic rings. The molecular weight excluding hydrogens is 180 g/mol. The van der Waals surface area contributed by atoms with E-state index in [0.29, 0.717) is 6.04 Å². The molecule has 1 amide bonds. The average molecular weight is 200 g/mol. The van der Waals surface area contributed by atoms with E-state index in [9.17, 15) is 4.79 Å². The van der Waals surface area contributed by atoms with Crippen LogP contribution in [0.3, 0.4) is 0 Å². The molecule has 14 heavy (non-hydrogen) atoms. The SMILES string of the molecule is CC1CCC(=O)N1.CN1CCOCC1. The zero-order valence-corrected chi connectivity index (χ0v) is 9.08. The van der Waals surface area contributed by atoms with Gasteiger partial charge in [-0.25, -0.2) is 0 Å². The van der Waals surface area contributed by atoms with Gasteiger partial charge in [-0.3, -0.25) is 4.79 Å². The summed E-state index contributed by atoms with van der Waals surface area (Å²) < 4.78 is 5.10. The highest BCUT2D eigenvalue weighted by atomic mass is 16.5. The highest BCUT2D eigenvalue weighted by Crippen LogP contribution is 2.03. The van der Waals surface area contributed by atoms with Crippen LogP contribution in [0.1, 0.15) is 19.8 Å². The van der Waals surface area contributed by atoms with Gasteiger partial charge in [0.15, 0.2) is 0 Å². The summed E-state index contributed by atoms with van der Waals surface area (Å²) in [6.45, 7) is 6.04. The van der Waals surface area contributed by atoms with Gasteiger partial charge in [-0.15, -0.1) is 0 Å². The van der Waals surface area contributed by atoms with E-state index in [1.54, 1.807) is 0 Å². The van der Waals surface area contributed by atoms with Gasteiger partial charge < -0.3 is 15.0 Å². The Morgan fingerprint density at radius 1 is 1.43 bits per heavy atom. The van der Waals surface area contributed by atoms with Crippen LogP contribution in [0, 0.1) is 0 Å². The van der Waals surface area contributed by atoms with Crippen molar-refractivity contribution in [3.8, 4) is 0 Å². The van der Waals surface area contributed by atoms with E-state index in [0.717, 1.165) is 39.1 Å². The molecule has 0 aromatic heterocycles. The van der Waals surface area contributed by atoms with Crippen molar-refractivity contribution in [2.45, 2.75) is 25.8 Å². The van der Waals surface area contributed by atoms with Gasteiger partial charge in [0.1, 0.15) is 0 Å². The van der Waals surface area contributed by atoms with E-state index in [-0.39, 0.29) is 5.91 Å². The number of hydrogen-bond acceptors (Lipinski definition) is 3. The van der Waals surface area contributed by atoms with Crippen molar-refractivity contribution in [3.63, 3.8) is 0 Å². The molecule has 2 rings (SSSR count). The molecule has 0 aromatic rings. The van der Waals surface area contributed by atoms with Crippen molar-refractivity contribution < 1.29 is 9.53 Å². The van der Waals surface area contributed by atoms with E-state index >= 15 is 0 Å². The average Bonchev–Trinajstić information content (AvgIpc) is 2.52. The Hall–Kier alpha value is -0.610. The van der Waals surface area contributed by atoms with Crippen molar-refractivity contribution in [1.82, 2.24) is 10.2 Å². The van der Waals surface area contributed by atoms with Crippen LogP contribution in [0.2, 0.25) is 0 Å². The molecule has 2 heterocycles. The van der Waals surface area contributed by atoms with Crippen LogP contribution < -0.4 is 5.32 Å². The third kappa shape index (κ3) is 4.58. The second kappa shape index (κ2) is 5.98. The number of nitrogens with one attached hydrogen (secondary N) is 1. The lowest BCUT2D eigenvalue weighted by molar-refractivity contribution is -0.119. The first-order chi connectivity index (χ1) is 6.68. The lowest BCUT2D eigenvalue weighted by Crippen LogP contribution is -2.32. The highest BCUT2D eigenvalue weighted by molar-refractivity contribution is 5.78. The maximum atomic E-state index is 10.3. The van der Waals surface area contributed by atoms with Crippen LogP contribution in [0.4, 0.5) is 0 Å². The number of likely N-dealkylation sites (N-methyl/N-ethyl adjacent to an activating group) is 1. The molecule has 82 valence electrons. The molecule has 4 nitrogen and oxygen atoms in total. The summed E-state index contributed by atoms with van der Waals surface area (Å²) in [5.74, 6) is 0.201. The molecule has 0 saturated carbocycles. The monoisotopic (exact) mass is 200 g/mol. The first kappa shape index (κ1) is 11.5. The predicted molar refractivity (Wildman–Crippen MR) is 55.2 cm³/mol. The maximum absolute atomic E-state index is 10.3. The van der Waals surface area contributed by atoms with Gasteiger partial charge in [0.25, 0.3) is 0 Å². The summed E-state index contributed by atoms with van der Waals surface area (Å²) in [4.78, 5) is 12.6. The molecule has 2 aliphatic heterocycles. The maximum Gasteiger partial charge on any atom is 0.220 e. The fraction of sp³-hybridized carbons (Fsp3) is 0.900. The second-order valence-electron chi connectivity index (χ2n) is 3.92. The molecule has 0 bridgehead atoms. The smallest absolute Gasteiger partial charge is 0.220 e. The van der Waals surface area contributed by atoms with Gasteiger partial charge in [0.2, 0.25) is 5.91 Å². The lowest BCUT2D eigenvalue weighted by Gasteiger charge is -2.21. The molecule has 1 N–H and O–H groups in total. The Labute approximate surface area is 85.6 Å². The van der Waals surface area contributed by atoms with Crippen LogP contribution in [-0.2, 0) is 9.53 Å². The van der Waals surface area contributed by atoms with Gasteiger partial charge in [-0.2, -0.15) is 0 Å². The van der Waals surface area contributed by atoms with E-state index in [4.69, 9.17) is 4.74 Å². The molecule has 2 fully saturated rings. The number of morpholine rings is 1. The molecule has 2 saturated heterocycles. The van der Waals surface area contributed by atoms with Crippen molar-refractivity contribution in [2.24, 2.45) is 0 Å². The third-order valence-corrected chi connectivity index (χ3v) is 2.45. The van der Waals surface area contributed by atoms with Crippen LogP contribution in [0.25, 0.3) is 0 Å². The Morgan fingerprint density at radius 3 is 2.29 bits per heavy atom. The fourth-order valence-corrected chi connectivity index (χ4v) is 1.42. The number of carbonyl (C=O) groups is 1. The minimum Gasteiger partial charge on any atom is -0.379 e. The summed E-state index contributed by atoms with van der Waals surface area (Å²) in [6, 6.07) is 0.424.